The minimum absolute atomic E-state index is 0.0313. The van der Waals surface area contributed by atoms with Crippen LogP contribution in [0.4, 0.5) is 0 Å². The highest BCUT2D eigenvalue weighted by atomic mass is 16.5. The molecule has 7 heteroatoms. The quantitative estimate of drug-likeness (QED) is 0.732. The average molecular weight is 308 g/mol. The first kappa shape index (κ1) is 16.5. The van der Waals surface area contributed by atoms with Gasteiger partial charge in [0.1, 0.15) is 0 Å². The maximum Gasteiger partial charge on any atom is 0.307 e. The van der Waals surface area contributed by atoms with Gasteiger partial charge in [0.05, 0.1) is 24.6 Å². The number of nitrogens with one attached hydrogen (secondary N) is 2. The molecule has 0 spiro atoms. The number of amides is 1. The summed E-state index contributed by atoms with van der Waals surface area (Å²) in [7, 11) is 1.86. The van der Waals surface area contributed by atoms with Gasteiger partial charge in [0, 0.05) is 38.8 Å². The summed E-state index contributed by atoms with van der Waals surface area (Å²) in [5.74, 6) is -0.332. The van der Waals surface area contributed by atoms with E-state index in [1.165, 1.54) is 0 Å². The number of hydrogen-bond donors (Lipinski definition) is 2. The van der Waals surface area contributed by atoms with E-state index in [1.54, 1.807) is 24.7 Å². The Hall–Kier alpha value is -1.89. The second-order valence-corrected chi connectivity index (χ2v) is 5.90. The molecule has 0 saturated carbocycles. The Bertz CT molecular complexity index is 527. The van der Waals surface area contributed by atoms with Gasteiger partial charge in [-0.3, -0.25) is 14.3 Å². The number of carbonyl (C=O) groups is 2. The van der Waals surface area contributed by atoms with Gasteiger partial charge in [-0.15, -0.1) is 0 Å². The number of ether oxygens (including phenoxy) is 1. The molecular weight excluding hydrogens is 284 g/mol. The molecule has 0 unspecified atom stereocenters. The molecule has 1 aliphatic rings. The fourth-order valence-corrected chi connectivity index (χ4v) is 2.68. The third-order valence-electron chi connectivity index (χ3n) is 3.70. The van der Waals surface area contributed by atoms with Crippen molar-refractivity contribution >= 4 is 11.9 Å². The number of carbonyl (C=O) groups excluding carboxylic acids is 2. The molecule has 1 saturated heterocycles. The van der Waals surface area contributed by atoms with Crippen molar-refractivity contribution in [2.24, 2.45) is 13.0 Å². The first-order valence-corrected chi connectivity index (χ1v) is 7.64. The van der Waals surface area contributed by atoms with E-state index in [0.717, 1.165) is 12.1 Å². The van der Waals surface area contributed by atoms with E-state index in [-0.39, 0.29) is 36.2 Å². The number of hydrogen-bond acceptors (Lipinski definition) is 5. The highest BCUT2D eigenvalue weighted by Gasteiger charge is 2.34. The highest BCUT2D eigenvalue weighted by Crippen LogP contribution is 2.27. The van der Waals surface area contributed by atoms with Crippen LogP contribution in [0.2, 0.25) is 0 Å². The molecule has 1 fully saturated rings. The lowest BCUT2D eigenvalue weighted by Crippen LogP contribution is -2.35. The van der Waals surface area contributed by atoms with Gasteiger partial charge < -0.3 is 15.4 Å². The predicted octanol–water partition coefficient (Wildman–Crippen LogP) is 0.181. The van der Waals surface area contributed by atoms with Crippen molar-refractivity contribution in [3.63, 3.8) is 0 Å². The molecule has 0 aliphatic carbocycles. The van der Waals surface area contributed by atoms with Crippen molar-refractivity contribution in [2.75, 3.05) is 19.6 Å². The van der Waals surface area contributed by atoms with Crippen molar-refractivity contribution in [1.29, 1.82) is 0 Å². The van der Waals surface area contributed by atoms with Crippen molar-refractivity contribution in [2.45, 2.75) is 32.3 Å². The topological polar surface area (TPSA) is 85.2 Å². The molecule has 22 heavy (non-hydrogen) atoms. The number of esters is 1. The molecule has 1 aliphatic heterocycles. The Kier molecular flexibility index (Phi) is 5.54. The summed E-state index contributed by atoms with van der Waals surface area (Å²) < 4.78 is 6.78. The zero-order valence-corrected chi connectivity index (χ0v) is 13.3. The van der Waals surface area contributed by atoms with Crippen molar-refractivity contribution in [3.8, 4) is 0 Å². The third-order valence-corrected chi connectivity index (χ3v) is 3.70. The molecule has 2 rings (SSSR count). The highest BCUT2D eigenvalue weighted by molar-refractivity contribution is 5.81. The summed E-state index contributed by atoms with van der Waals surface area (Å²) in [6.07, 6.45) is 3.81. The normalized spacial score (nSPS) is 21.1. The van der Waals surface area contributed by atoms with Crippen molar-refractivity contribution in [3.05, 3.63) is 18.0 Å². The lowest BCUT2D eigenvalue weighted by Gasteiger charge is -2.17. The van der Waals surface area contributed by atoms with E-state index < -0.39 is 0 Å². The zero-order valence-electron chi connectivity index (χ0n) is 13.3. The summed E-state index contributed by atoms with van der Waals surface area (Å²) in [6, 6.07) is 0. The molecule has 0 radical (unpaired) electrons. The van der Waals surface area contributed by atoms with Gasteiger partial charge in [-0.05, 0) is 19.4 Å². The van der Waals surface area contributed by atoms with Crippen LogP contribution in [0.15, 0.2) is 12.4 Å². The van der Waals surface area contributed by atoms with E-state index in [2.05, 4.69) is 15.7 Å². The van der Waals surface area contributed by atoms with Crippen LogP contribution >= 0.6 is 0 Å². The summed E-state index contributed by atoms with van der Waals surface area (Å²) in [4.78, 5) is 23.8. The second kappa shape index (κ2) is 7.40. The Balaban J connectivity index is 1.82. The predicted molar refractivity (Wildman–Crippen MR) is 81.2 cm³/mol. The monoisotopic (exact) mass is 308 g/mol. The first-order valence-electron chi connectivity index (χ1n) is 7.64. The van der Waals surface area contributed by atoms with Crippen LogP contribution in [0, 0.1) is 5.92 Å². The van der Waals surface area contributed by atoms with Crippen LogP contribution in [0.5, 0.6) is 0 Å². The Morgan fingerprint density at radius 2 is 2.27 bits per heavy atom. The van der Waals surface area contributed by atoms with Gasteiger partial charge in [-0.25, -0.2) is 0 Å². The van der Waals surface area contributed by atoms with E-state index >= 15 is 0 Å². The SMILES string of the molecule is CC(C)OC(=O)CCNC(=O)[C@H]1CNC[C@@H]1c1cnn(C)c1. The van der Waals surface area contributed by atoms with Crippen LogP contribution < -0.4 is 10.6 Å². The molecular formula is C15H24N4O3. The van der Waals surface area contributed by atoms with Crippen LogP contribution in [-0.4, -0.2) is 47.4 Å². The minimum Gasteiger partial charge on any atom is -0.463 e. The fourth-order valence-electron chi connectivity index (χ4n) is 2.68. The van der Waals surface area contributed by atoms with Gasteiger partial charge >= 0.3 is 5.97 Å². The fraction of sp³-hybridized carbons (Fsp3) is 0.667. The summed E-state index contributed by atoms with van der Waals surface area (Å²) in [6.45, 7) is 5.32. The average Bonchev–Trinajstić information content (AvgIpc) is 3.05. The number of aromatic nitrogens is 2. The summed E-state index contributed by atoms with van der Waals surface area (Å²) in [5, 5.41) is 10.2. The molecule has 2 heterocycles. The van der Waals surface area contributed by atoms with E-state index in [1.807, 2.05) is 13.2 Å². The third kappa shape index (κ3) is 4.30. The Morgan fingerprint density at radius 3 is 2.91 bits per heavy atom. The van der Waals surface area contributed by atoms with Gasteiger partial charge in [0.15, 0.2) is 0 Å². The van der Waals surface area contributed by atoms with Gasteiger partial charge in [-0.1, -0.05) is 0 Å². The Labute approximate surface area is 130 Å². The molecule has 1 amide bonds. The first-order chi connectivity index (χ1) is 10.5. The largest absolute Gasteiger partial charge is 0.463 e. The van der Waals surface area contributed by atoms with Gasteiger partial charge in [0.2, 0.25) is 5.91 Å². The number of nitrogens with zero attached hydrogens (tertiary/aromatic N) is 2. The van der Waals surface area contributed by atoms with Gasteiger partial charge in [-0.2, -0.15) is 5.10 Å². The molecule has 1 aromatic heterocycles. The molecule has 7 nitrogen and oxygen atoms in total. The van der Waals surface area contributed by atoms with Crippen LogP contribution in [0.25, 0.3) is 0 Å². The lowest BCUT2D eigenvalue weighted by molar-refractivity contribution is -0.147. The molecule has 122 valence electrons. The smallest absolute Gasteiger partial charge is 0.307 e. The number of rotatable bonds is 6. The van der Waals surface area contributed by atoms with E-state index in [4.69, 9.17) is 4.74 Å². The standard InChI is InChI=1S/C15H24N4O3/c1-10(2)22-14(20)4-5-17-15(21)13-8-16-7-12(13)11-6-18-19(3)9-11/h6,9-10,12-13,16H,4-5,7-8H2,1-3H3,(H,17,21)/t12-,13+/m1/s1. The maximum atomic E-state index is 12.3. The minimum atomic E-state index is -0.288. The number of aryl methyl sites for hydroxylation is 1. The molecule has 2 N–H and O–H groups in total. The van der Waals surface area contributed by atoms with Crippen LogP contribution in [0.1, 0.15) is 31.7 Å². The second-order valence-electron chi connectivity index (χ2n) is 5.90. The van der Waals surface area contributed by atoms with Crippen LogP contribution in [0.3, 0.4) is 0 Å². The zero-order chi connectivity index (χ0) is 16.1. The molecule has 0 aromatic carbocycles. The molecule has 1 aromatic rings. The lowest BCUT2D eigenvalue weighted by atomic mass is 9.90. The molecule has 2 atom stereocenters. The maximum absolute atomic E-state index is 12.3. The van der Waals surface area contributed by atoms with Crippen molar-refractivity contribution < 1.29 is 14.3 Å². The van der Waals surface area contributed by atoms with E-state index in [9.17, 15) is 9.59 Å². The van der Waals surface area contributed by atoms with E-state index in [0.29, 0.717) is 13.1 Å². The van der Waals surface area contributed by atoms with Gasteiger partial charge in [0.25, 0.3) is 0 Å². The Morgan fingerprint density at radius 1 is 1.50 bits per heavy atom. The molecule has 0 bridgehead atoms. The van der Waals surface area contributed by atoms with Crippen LogP contribution in [-0.2, 0) is 21.4 Å². The van der Waals surface area contributed by atoms with Crippen molar-refractivity contribution in [1.82, 2.24) is 20.4 Å². The summed E-state index contributed by atoms with van der Waals surface area (Å²) >= 11 is 0. The summed E-state index contributed by atoms with van der Waals surface area (Å²) in [5.41, 5.74) is 1.06.